The highest BCUT2D eigenvalue weighted by Gasteiger charge is 1.97. The lowest BCUT2D eigenvalue weighted by molar-refractivity contribution is 0.0776. The lowest BCUT2D eigenvalue weighted by Crippen LogP contribution is -2.38. The van der Waals surface area contributed by atoms with Gasteiger partial charge in [0.25, 0.3) is 0 Å². The molecule has 6 heteroatoms. The third-order valence-corrected chi connectivity index (χ3v) is 3.05. The van der Waals surface area contributed by atoms with Gasteiger partial charge in [-0.05, 0) is 45.1 Å². The smallest absolute Gasteiger partial charge is 0.190 e. The van der Waals surface area contributed by atoms with Crippen molar-refractivity contribution in [1.82, 2.24) is 10.6 Å². The first-order valence-electron chi connectivity index (χ1n) is 6.75. The first-order chi connectivity index (χ1) is 8.70. The Labute approximate surface area is 139 Å². The maximum atomic E-state index is 5.48. The zero-order valence-electron chi connectivity index (χ0n) is 12.7. The molecule has 0 saturated heterocycles. The van der Waals surface area contributed by atoms with E-state index in [4.69, 9.17) is 4.74 Å². The maximum Gasteiger partial charge on any atom is 0.190 e. The van der Waals surface area contributed by atoms with Crippen LogP contribution in [0.25, 0.3) is 0 Å². The first-order valence-corrected chi connectivity index (χ1v) is 8.15. The minimum absolute atomic E-state index is 0. The topological polar surface area (TPSA) is 45.7 Å². The van der Waals surface area contributed by atoms with Crippen LogP contribution in [0.2, 0.25) is 0 Å². The van der Waals surface area contributed by atoms with Crippen molar-refractivity contribution in [2.75, 3.05) is 38.8 Å². The van der Waals surface area contributed by atoms with E-state index in [1.54, 1.807) is 0 Å². The number of rotatable bonds is 10. The Hall–Kier alpha value is 0.310. The largest absolute Gasteiger partial charge is 0.379 e. The molecule has 0 atom stereocenters. The van der Waals surface area contributed by atoms with Gasteiger partial charge in [0.05, 0.1) is 6.10 Å². The van der Waals surface area contributed by atoms with E-state index in [1.807, 2.05) is 18.8 Å². The molecular weight excluding hydrogens is 373 g/mol. The molecule has 0 aliphatic heterocycles. The Morgan fingerprint density at radius 2 is 1.79 bits per heavy atom. The summed E-state index contributed by atoms with van der Waals surface area (Å²) >= 11 is 1.90. The van der Waals surface area contributed by atoms with E-state index in [9.17, 15) is 0 Å². The van der Waals surface area contributed by atoms with E-state index in [0.717, 1.165) is 32.1 Å². The molecule has 0 aromatic rings. The van der Waals surface area contributed by atoms with Gasteiger partial charge in [-0.1, -0.05) is 0 Å². The van der Waals surface area contributed by atoms with Crippen LogP contribution in [0.5, 0.6) is 0 Å². The summed E-state index contributed by atoms with van der Waals surface area (Å²) in [4.78, 5) is 4.19. The van der Waals surface area contributed by atoms with Crippen molar-refractivity contribution in [3.05, 3.63) is 0 Å². The second kappa shape index (κ2) is 16.4. The summed E-state index contributed by atoms with van der Waals surface area (Å²) in [5.74, 6) is 2.13. The van der Waals surface area contributed by atoms with E-state index in [0.29, 0.717) is 6.10 Å². The number of unbranched alkanes of at least 4 members (excludes halogenated alkanes) is 1. The van der Waals surface area contributed by atoms with Gasteiger partial charge in [-0.25, -0.2) is 0 Å². The summed E-state index contributed by atoms with van der Waals surface area (Å²) in [6.07, 6.45) is 5.92. The zero-order chi connectivity index (χ0) is 13.6. The molecule has 0 bridgehead atoms. The molecule has 0 aromatic heterocycles. The van der Waals surface area contributed by atoms with Crippen molar-refractivity contribution in [2.45, 2.75) is 39.2 Å². The molecular formula is C13H30IN3OS. The number of nitrogens with zero attached hydrogens (tertiary/aromatic N) is 1. The van der Waals surface area contributed by atoms with Crippen molar-refractivity contribution in [3.63, 3.8) is 0 Å². The summed E-state index contributed by atoms with van der Waals surface area (Å²) in [6.45, 7) is 6.81. The lowest BCUT2D eigenvalue weighted by Gasteiger charge is -2.12. The number of aliphatic imine (C=N–C) groups is 1. The van der Waals surface area contributed by atoms with Gasteiger partial charge in [-0.3, -0.25) is 4.99 Å². The van der Waals surface area contributed by atoms with Crippen LogP contribution in [0.3, 0.4) is 0 Å². The van der Waals surface area contributed by atoms with Crippen LogP contribution < -0.4 is 10.6 Å². The highest BCUT2D eigenvalue weighted by atomic mass is 127. The molecule has 0 saturated carbocycles. The molecule has 19 heavy (non-hydrogen) atoms. The summed E-state index contributed by atoms with van der Waals surface area (Å²) < 4.78 is 5.48. The molecule has 4 nitrogen and oxygen atoms in total. The highest BCUT2D eigenvalue weighted by molar-refractivity contribution is 14.0. The molecule has 0 aliphatic rings. The molecule has 0 spiro atoms. The maximum absolute atomic E-state index is 5.48. The molecule has 0 radical (unpaired) electrons. The van der Waals surface area contributed by atoms with Crippen LogP contribution in [-0.2, 0) is 4.74 Å². The van der Waals surface area contributed by atoms with Gasteiger partial charge in [0.15, 0.2) is 5.96 Å². The predicted molar refractivity (Wildman–Crippen MR) is 98.1 cm³/mol. The molecule has 2 N–H and O–H groups in total. The molecule has 0 aliphatic carbocycles. The Bertz CT molecular complexity index is 216. The van der Waals surface area contributed by atoms with Crippen LogP contribution in [0.4, 0.5) is 0 Å². The molecule has 0 aromatic carbocycles. The Morgan fingerprint density at radius 3 is 2.32 bits per heavy atom. The Balaban J connectivity index is 0. The molecule has 0 heterocycles. The number of ether oxygens (including phenoxy) is 1. The van der Waals surface area contributed by atoms with Crippen molar-refractivity contribution in [1.29, 1.82) is 0 Å². The van der Waals surface area contributed by atoms with E-state index in [2.05, 4.69) is 35.7 Å². The van der Waals surface area contributed by atoms with Crippen LogP contribution in [0, 0.1) is 0 Å². The fourth-order valence-electron chi connectivity index (χ4n) is 1.40. The highest BCUT2D eigenvalue weighted by Crippen LogP contribution is 1.97. The lowest BCUT2D eigenvalue weighted by atomic mass is 10.3. The van der Waals surface area contributed by atoms with Gasteiger partial charge in [-0.2, -0.15) is 11.8 Å². The third-order valence-electron chi connectivity index (χ3n) is 2.36. The normalized spacial score (nSPS) is 11.3. The molecule has 0 amide bonds. The first kappa shape index (κ1) is 21.6. The standard InChI is InChI=1S/C13H29N3OS.HI/c1-12(2)17-10-7-9-16-13(14-3)15-8-5-6-11-18-4;/h12H,5-11H2,1-4H3,(H2,14,15,16);1H. The monoisotopic (exact) mass is 403 g/mol. The number of halogens is 1. The summed E-state index contributed by atoms with van der Waals surface area (Å²) in [5.41, 5.74) is 0. The van der Waals surface area contributed by atoms with Crippen LogP contribution in [-0.4, -0.2) is 50.8 Å². The molecule has 0 rings (SSSR count). The summed E-state index contributed by atoms with van der Waals surface area (Å²) in [6, 6.07) is 0. The van der Waals surface area contributed by atoms with Gasteiger partial charge in [-0.15, -0.1) is 24.0 Å². The number of guanidine groups is 1. The minimum atomic E-state index is 0. The van der Waals surface area contributed by atoms with Gasteiger partial charge in [0.1, 0.15) is 0 Å². The molecule has 0 unspecified atom stereocenters. The van der Waals surface area contributed by atoms with Gasteiger partial charge in [0, 0.05) is 26.7 Å². The van der Waals surface area contributed by atoms with E-state index in [1.165, 1.54) is 18.6 Å². The number of thioether (sulfide) groups is 1. The fourth-order valence-corrected chi connectivity index (χ4v) is 1.89. The number of hydrogen-bond acceptors (Lipinski definition) is 3. The van der Waals surface area contributed by atoms with Gasteiger partial charge < -0.3 is 15.4 Å². The summed E-state index contributed by atoms with van der Waals surface area (Å²) in [5, 5.41) is 6.60. The quantitative estimate of drug-likeness (QED) is 0.255. The zero-order valence-corrected chi connectivity index (χ0v) is 15.8. The minimum Gasteiger partial charge on any atom is -0.379 e. The SMILES string of the molecule is CN=C(NCCCCSC)NCCCOC(C)C.I. The van der Waals surface area contributed by atoms with Crippen molar-refractivity contribution in [2.24, 2.45) is 4.99 Å². The second-order valence-electron chi connectivity index (χ2n) is 4.40. The molecule has 0 fully saturated rings. The van der Waals surface area contributed by atoms with Crippen LogP contribution in [0.1, 0.15) is 33.1 Å². The van der Waals surface area contributed by atoms with E-state index >= 15 is 0 Å². The Kier molecular flexibility index (Phi) is 18.6. The third kappa shape index (κ3) is 16.3. The van der Waals surface area contributed by atoms with E-state index in [-0.39, 0.29) is 24.0 Å². The fraction of sp³-hybridized carbons (Fsp3) is 0.923. The van der Waals surface area contributed by atoms with Crippen LogP contribution >= 0.6 is 35.7 Å². The molecule has 116 valence electrons. The Morgan fingerprint density at radius 1 is 1.16 bits per heavy atom. The van der Waals surface area contributed by atoms with Crippen molar-refractivity contribution >= 4 is 41.7 Å². The van der Waals surface area contributed by atoms with Crippen molar-refractivity contribution < 1.29 is 4.74 Å². The van der Waals surface area contributed by atoms with Crippen molar-refractivity contribution in [3.8, 4) is 0 Å². The summed E-state index contributed by atoms with van der Waals surface area (Å²) in [7, 11) is 1.81. The van der Waals surface area contributed by atoms with Gasteiger partial charge >= 0.3 is 0 Å². The average Bonchev–Trinajstić information content (AvgIpc) is 2.35. The predicted octanol–water partition coefficient (Wildman–Crippen LogP) is 2.73. The van der Waals surface area contributed by atoms with E-state index < -0.39 is 0 Å². The average molecular weight is 403 g/mol. The second-order valence-corrected chi connectivity index (χ2v) is 5.38. The number of nitrogens with one attached hydrogen (secondary N) is 2. The number of hydrogen-bond donors (Lipinski definition) is 2. The van der Waals surface area contributed by atoms with Gasteiger partial charge in [0.2, 0.25) is 0 Å². The van der Waals surface area contributed by atoms with Crippen LogP contribution in [0.15, 0.2) is 4.99 Å².